The molecule has 0 aromatic heterocycles. The van der Waals surface area contributed by atoms with Crippen LogP contribution in [-0.4, -0.2) is 12.6 Å². The van der Waals surface area contributed by atoms with Gasteiger partial charge in [0.1, 0.15) is 0 Å². The first-order valence-electron chi connectivity index (χ1n) is 5.86. The number of hydrogen-bond donors (Lipinski definition) is 0. The Balaban J connectivity index is 3.27. The van der Waals surface area contributed by atoms with Crippen LogP contribution < -0.4 is 0 Å². The molecule has 0 aromatic carbocycles. The molecule has 14 heavy (non-hydrogen) atoms. The molecule has 0 aromatic rings. The highest BCUT2D eigenvalue weighted by Gasteiger charge is 2.07. The number of ether oxygens (including phenoxy) is 1. The molecule has 0 saturated carbocycles. The van der Waals surface area contributed by atoms with Crippen molar-refractivity contribution in [3.8, 4) is 0 Å². The number of carbonyl (C=O) groups excluding carboxylic acids is 1. The monoisotopic (exact) mass is 200 g/mol. The molecule has 0 aliphatic carbocycles. The third-order valence-corrected chi connectivity index (χ3v) is 2.47. The molecule has 84 valence electrons. The number of carbonyl (C=O) groups is 1. The van der Waals surface area contributed by atoms with Crippen LogP contribution in [0.3, 0.4) is 0 Å². The maximum absolute atomic E-state index is 11.2. The summed E-state index contributed by atoms with van der Waals surface area (Å²) in [4.78, 5) is 11.2. The van der Waals surface area contributed by atoms with Crippen molar-refractivity contribution >= 4 is 5.97 Å². The Hall–Kier alpha value is -0.530. The van der Waals surface area contributed by atoms with Gasteiger partial charge in [-0.15, -0.1) is 0 Å². The maximum Gasteiger partial charge on any atom is 0.306 e. The van der Waals surface area contributed by atoms with Crippen LogP contribution in [0.1, 0.15) is 59.3 Å². The van der Waals surface area contributed by atoms with Crippen molar-refractivity contribution in [3.05, 3.63) is 0 Å². The summed E-state index contributed by atoms with van der Waals surface area (Å²) in [6.07, 6.45) is 6.27. The number of esters is 1. The molecule has 0 radical (unpaired) electrons. The second kappa shape index (κ2) is 9.04. The van der Waals surface area contributed by atoms with Crippen LogP contribution in [0.25, 0.3) is 0 Å². The zero-order valence-corrected chi connectivity index (χ0v) is 9.84. The van der Waals surface area contributed by atoms with Crippen LogP contribution in [-0.2, 0) is 9.53 Å². The Labute approximate surface area is 88.0 Å². The highest BCUT2D eigenvalue weighted by atomic mass is 16.5. The fourth-order valence-electron chi connectivity index (χ4n) is 1.20. The Morgan fingerprint density at radius 2 is 1.93 bits per heavy atom. The van der Waals surface area contributed by atoms with Crippen LogP contribution >= 0.6 is 0 Å². The second-order valence-corrected chi connectivity index (χ2v) is 4.00. The molecule has 0 N–H and O–H groups in total. The van der Waals surface area contributed by atoms with E-state index in [9.17, 15) is 4.79 Å². The minimum absolute atomic E-state index is 0.0316. The quantitative estimate of drug-likeness (QED) is 0.442. The van der Waals surface area contributed by atoms with Gasteiger partial charge in [0.2, 0.25) is 0 Å². The number of hydrogen-bond acceptors (Lipinski definition) is 2. The van der Waals surface area contributed by atoms with Gasteiger partial charge in [-0.1, -0.05) is 46.5 Å². The maximum atomic E-state index is 11.2. The van der Waals surface area contributed by atoms with E-state index >= 15 is 0 Å². The lowest BCUT2D eigenvalue weighted by molar-refractivity contribution is -0.144. The molecule has 0 aliphatic heterocycles. The second-order valence-electron chi connectivity index (χ2n) is 4.00. The molecule has 0 bridgehead atoms. The van der Waals surface area contributed by atoms with Crippen LogP contribution in [0.15, 0.2) is 0 Å². The first-order chi connectivity index (χ1) is 6.70. The van der Waals surface area contributed by atoms with Gasteiger partial charge in [0.25, 0.3) is 0 Å². The average Bonchev–Trinajstić information content (AvgIpc) is 2.17. The molecular formula is C12H24O2. The predicted octanol–water partition coefficient (Wildman–Crippen LogP) is 3.55. The largest absolute Gasteiger partial charge is 0.466 e. The molecule has 1 unspecified atom stereocenters. The van der Waals surface area contributed by atoms with Crippen molar-refractivity contribution < 1.29 is 9.53 Å². The van der Waals surface area contributed by atoms with Crippen LogP contribution in [0.5, 0.6) is 0 Å². The van der Waals surface area contributed by atoms with Crippen LogP contribution in [0.4, 0.5) is 0 Å². The summed E-state index contributed by atoms with van der Waals surface area (Å²) in [6.45, 7) is 6.96. The molecule has 0 heterocycles. The van der Waals surface area contributed by atoms with E-state index in [0.29, 0.717) is 18.9 Å². The average molecular weight is 200 g/mol. The highest BCUT2D eigenvalue weighted by Crippen LogP contribution is 2.07. The van der Waals surface area contributed by atoms with E-state index in [2.05, 4.69) is 20.8 Å². The van der Waals surface area contributed by atoms with E-state index in [0.717, 1.165) is 12.8 Å². The van der Waals surface area contributed by atoms with E-state index in [1.54, 1.807) is 0 Å². The van der Waals surface area contributed by atoms with E-state index in [1.165, 1.54) is 19.3 Å². The molecule has 0 saturated heterocycles. The van der Waals surface area contributed by atoms with Gasteiger partial charge in [-0.2, -0.15) is 0 Å². The van der Waals surface area contributed by atoms with Crippen molar-refractivity contribution in [2.24, 2.45) is 5.92 Å². The zero-order valence-electron chi connectivity index (χ0n) is 9.84. The fraction of sp³-hybridized carbons (Fsp3) is 0.917. The van der Waals surface area contributed by atoms with Crippen molar-refractivity contribution in [2.45, 2.75) is 59.3 Å². The Bertz CT molecular complexity index is 143. The van der Waals surface area contributed by atoms with Gasteiger partial charge >= 0.3 is 5.97 Å². The third kappa shape index (κ3) is 8.09. The zero-order chi connectivity index (χ0) is 10.8. The number of unbranched alkanes of at least 4 members (excludes halogenated alkanes) is 3. The van der Waals surface area contributed by atoms with Crippen molar-refractivity contribution in [3.63, 3.8) is 0 Å². The van der Waals surface area contributed by atoms with Gasteiger partial charge in [0, 0.05) is 6.42 Å². The molecule has 0 spiro atoms. The fourth-order valence-corrected chi connectivity index (χ4v) is 1.20. The van der Waals surface area contributed by atoms with E-state index in [1.807, 2.05) is 0 Å². The SMILES string of the molecule is CCCCCCOC(=O)CC(C)CC. The minimum atomic E-state index is -0.0316. The smallest absolute Gasteiger partial charge is 0.306 e. The first kappa shape index (κ1) is 13.5. The molecule has 1 atom stereocenters. The van der Waals surface area contributed by atoms with E-state index < -0.39 is 0 Å². The summed E-state index contributed by atoms with van der Waals surface area (Å²) in [5.41, 5.74) is 0. The standard InChI is InChI=1S/C12H24O2/c1-4-6-7-8-9-14-12(13)10-11(3)5-2/h11H,4-10H2,1-3H3. The third-order valence-electron chi connectivity index (χ3n) is 2.47. The summed E-state index contributed by atoms with van der Waals surface area (Å²) in [6, 6.07) is 0. The lowest BCUT2D eigenvalue weighted by Gasteiger charge is -2.08. The van der Waals surface area contributed by atoms with E-state index in [-0.39, 0.29) is 5.97 Å². The normalized spacial score (nSPS) is 12.5. The van der Waals surface area contributed by atoms with Crippen molar-refractivity contribution in [1.29, 1.82) is 0 Å². The highest BCUT2D eigenvalue weighted by molar-refractivity contribution is 5.69. The van der Waals surface area contributed by atoms with Gasteiger partial charge < -0.3 is 4.74 Å². The molecule has 2 heteroatoms. The molecule has 0 amide bonds. The van der Waals surface area contributed by atoms with Crippen molar-refractivity contribution in [1.82, 2.24) is 0 Å². The number of rotatable bonds is 8. The molecular weight excluding hydrogens is 176 g/mol. The lowest BCUT2D eigenvalue weighted by Crippen LogP contribution is -2.09. The minimum Gasteiger partial charge on any atom is -0.466 e. The lowest BCUT2D eigenvalue weighted by atomic mass is 10.1. The summed E-state index contributed by atoms with van der Waals surface area (Å²) >= 11 is 0. The molecule has 0 rings (SSSR count). The molecule has 2 nitrogen and oxygen atoms in total. The summed E-state index contributed by atoms with van der Waals surface area (Å²) in [7, 11) is 0. The predicted molar refractivity (Wildman–Crippen MR) is 59.2 cm³/mol. The van der Waals surface area contributed by atoms with E-state index in [4.69, 9.17) is 4.74 Å². The Morgan fingerprint density at radius 1 is 1.21 bits per heavy atom. The Kier molecular flexibility index (Phi) is 8.70. The summed E-state index contributed by atoms with van der Waals surface area (Å²) in [5.74, 6) is 0.425. The van der Waals surface area contributed by atoms with Crippen molar-refractivity contribution in [2.75, 3.05) is 6.61 Å². The van der Waals surface area contributed by atoms with Crippen LogP contribution in [0, 0.1) is 5.92 Å². The van der Waals surface area contributed by atoms with Gasteiger partial charge in [-0.3, -0.25) is 4.79 Å². The molecule has 0 fully saturated rings. The van der Waals surface area contributed by atoms with Crippen LogP contribution in [0.2, 0.25) is 0 Å². The van der Waals surface area contributed by atoms with Gasteiger partial charge in [0.05, 0.1) is 6.61 Å². The summed E-state index contributed by atoms with van der Waals surface area (Å²) < 4.78 is 5.12. The summed E-state index contributed by atoms with van der Waals surface area (Å²) in [5, 5.41) is 0. The van der Waals surface area contributed by atoms with Gasteiger partial charge in [0.15, 0.2) is 0 Å². The van der Waals surface area contributed by atoms with Gasteiger partial charge in [-0.05, 0) is 12.3 Å². The topological polar surface area (TPSA) is 26.3 Å². The molecule has 0 aliphatic rings. The van der Waals surface area contributed by atoms with Gasteiger partial charge in [-0.25, -0.2) is 0 Å². The first-order valence-corrected chi connectivity index (χ1v) is 5.86. The Morgan fingerprint density at radius 3 is 2.50 bits per heavy atom.